The molecule has 112 valence electrons. The van der Waals surface area contributed by atoms with Crippen molar-refractivity contribution in [2.45, 2.75) is 31.3 Å². The van der Waals surface area contributed by atoms with E-state index in [1.807, 2.05) is 0 Å². The number of pyridine rings is 1. The number of aromatic nitrogens is 2. The van der Waals surface area contributed by atoms with Crippen LogP contribution in [-0.4, -0.2) is 33.7 Å². The van der Waals surface area contributed by atoms with Crippen molar-refractivity contribution < 1.29 is 5.11 Å². The van der Waals surface area contributed by atoms with Crippen LogP contribution in [0.4, 0.5) is 5.69 Å². The SMILES string of the molecule is OC1CCN(c2ccn3c(c2)nc2ccc(C4CC4)cc23)C1. The monoisotopic (exact) mass is 293 g/mol. The molecule has 2 fully saturated rings. The molecule has 1 atom stereocenters. The molecule has 1 aliphatic carbocycles. The van der Waals surface area contributed by atoms with Gasteiger partial charge in [0.2, 0.25) is 0 Å². The molecule has 0 amide bonds. The van der Waals surface area contributed by atoms with Gasteiger partial charge in [-0.15, -0.1) is 0 Å². The second-order valence-corrected chi connectivity index (χ2v) is 6.64. The summed E-state index contributed by atoms with van der Waals surface area (Å²) in [4.78, 5) is 7.00. The van der Waals surface area contributed by atoms with Crippen LogP contribution in [0, 0.1) is 0 Å². The van der Waals surface area contributed by atoms with E-state index in [0.29, 0.717) is 0 Å². The lowest BCUT2D eigenvalue weighted by molar-refractivity contribution is 0.198. The van der Waals surface area contributed by atoms with Gasteiger partial charge >= 0.3 is 0 Å². The number of β-amino-alcohol motifs (C(OH)–C–C–N with tert-alkyl or cyclic N) is 1. The van der Waals surface area contributed by atoms with Gasteiger partial charge in [-0.2, -0.15) is 0 Å². The summed E-state index contributed by atoms with van der Waals surface area (Å²) in [5.41, 5.74) is 5.85. The third-order valence-corrected chi connectivity index (χ3v) is 4.99. The van der Waals surface area contributed by atoms with Crippen molar-refractivity contribution >= 4 is 22.4 Å². The highest BCUT2D eigenvalue weighted by Gasteiger charge is 2.24. The van der Waals surface area contributed by atoms with Gasteiger partial charge in [-0.1, -0.05) is 6.07 Å². The molecule has 1 saturated carbocycles. The Morgan fingerprint density at radius 1 is 1.09 bits per heavy atom. The molecule has 0 bridgehead atoms. The molecule has 3 aromatic rings. The molecule has 22 heavy (non-hydrogen) atoms. The maximum Gasteiger partial charge on any atom is 0.139 e. The highest BCUT2D eigenvalue weighted by molar-refractivity contribution is 5.82. The van der Waals surface area contributed by atoms with Crippen LogP contribution in [-0.2, 0) is 0 Å². The molecule has 3 heterocycles. The number of fused-ring (bicyclic) bond motifs is 3. The molecule has 1 aromatic carbocycles. The Bertz CT molecular complexity index is 865. The first-order valence-corrected chi connectivity index (χ1v) is 8.13. The predicted octanol–water partition coefficient (Wildman–Crippen LogP) is 2.94. The molecule has 0 spiro atoms. The van der Waals surface area contributed by atoms with Gasteiger partial charge in [-0.25, -0.2) is 4.98 Å². The summed E-state index contributed by atoms with van der Waals surface area (Å²) >= 11 is 0. The minimum absolute atomic E-state index is 0.198. The molecular formula is C18H19N3O. The first kappa shape index (κ1) is 12.5. The van der Waals surface area contributed by atoms with Gasteiger partial charge < -0.3 is 10.0 Å². The normalized spacial score (nSPS) is 22.0. The number of aliphatic hydroxyl groups excluding tert-OH is 1. The average molecular weight is 293 g/mol. The lowest BCUT2D eigenvalue weighted by atomic mass is 10.1. The molecule has 0 radical (unpaired) electrons. The average Bonchev–Trinajstić information content (AvgIpc) is 3.19. The van der Waals surface area contributed by atoms with Crippen LogP contribution in [0.3, 0.4) is 0 Å². The van der Waals surface area contributed by atoms with E-state index < -0.39 is 0 Å². The van der Waals surface area contributed by atoms with Gasteiger partial charge in [-0.3, -0.25) is 4.40 Å². The Kier molecular flexibility index (Phi) is 2.53. The number of imidazole rings is 1. The number of benzene rings is 1. The predicted molar refractivity (Wildman–Crippen MR) is 87.5 cm³/mol. The van der Waals surface area contributed by atoms with Crippen LogP contribution in [0.1, 0.15) is 30.7 Å². The molecular weight excluding hydrogens is 274 g/mol. The van der Waals surface area contributed by atoms with Crippen LogP contribution in [0.2, 0.25) is 0 Å². The molecule has 1 unspecified atom stereocenters. The number of rotatable bonds is 2. The molecule has 1 saturated heterocycles. The molecule has 4 heteroatoms. The summed E-state index contributed by atoms with van der Waals surface area (Å²) in [5, 5.41) is 9.71. The van der Waals surface area contributed by atoms with E-state index >= 15 is 0 Å². The van der Waals surface area contributed by atoms with Crippen LogP contribution < -0.4 is 4.90 Å². The van der Waals surface area contributed by atoms with Gasteiger partial charge in [0.05, 0.1) is 17.1 Å². The minimum atomic E-state index is -0.198. The quantitative estimate of drug-likeness (QED) is 0.790. The lowest BCUT2D eigenvalue weighted by Gasteiger charge is -2.17. The summed E-state index contributed by atoms with van der Waals surface area (Å²) in [6.07, 6.45) is 5.41. The van der Waals surface area contributed by atoms with E-state index in [1.165, 1.54) is 23.9 Å². The van der Waals surface area contributed by atoms with Crippen molar-refractivity contribution in [1.29, 1.82) is 0 Å². The molecule has 2 aliphatic rings. The maximum atomic E-state index is 9.71. The van der Waals surface area contributed by atoms with Crippen molar-refractivity contribution in [3.8, 4) is 0 Å². The molecule has 4 nitrogen and oxygen atoms in total. The Labute approximate surface area is 129 Å². The summed E-state index contributed by atoms with van der Waals surface area (Å²) in [5.74, 6) is 0.764. The van der Waals surface area contributed by atoms with Gasteiger partial charge in [0.15, 0.2) is 0 Å². The van der Waals surface area contributed by atoms with E-state index in [2.05, 4.69) is 45.8 Å². The number of hydrogen-bond donors (Lipinski definition) is 1. The molecule has 1 aliphatic heterocycles. The summed E-state index contributed by atoms with van der Waals surface area (Å²) in [6, 6.07) is 10.9. The van der Waals surface area contributed by atoms with Gasteiger partial charge in [0.1, 0.15) is 5.65 Å². The smallest absolute Gasteiger partial charge is 0.139 e. The summed E-state index contributed by atoms with van der Waals surface area (Å²) in [7, 11) is 0. The van der Waals surface area contributed by atoms with E-state index in [0.717, 1.165) is 42.3 Å². The van der Waals surface area contributed by atoms with Crippen LogP contribution in [0.5, 0.6) is 0 Å². The highest BCUT2D eigenvalue weighted by Crippen LogP contribution is 2.41. The largest absolute Gasteiger partial charge is 0.391 e. The first-order valence-electron chi connectivity index (χ1n) is 8.13. The Balaban J connectivity index is 1.62. The second-order valence-electron chi connectivity index (χ2n) is 6.64. The van der Waals surface area contributed by atoms with Gasteiger partial charge in [0, 0.05) is 31.0 Å². The third-order valence-electron chi connectivity index (χ3n) is 4.99. The van der Waals surface area contributed by atoms with Crippen molar-refractivity contribution in [2.24, 2.45) is 0 Å². The first-order chi connectivity index (χ1) is 10.8. The van der Waals surface area contributed by atoms with E-state index in [4.69, 9.17) is 4.98 Å². The highest BCUT2D eigenvalue weighted by atomic mass is 16.3. The Morgan fingerprint density at radius 2 is 2.00 bits per heavy atom. The van der Waals surface area contributed by atoms with E-state index in [-0.39, 0.29) is 6.10 Å². The fourth-order valence-corrected chi connectivity index (χ4v) is 3.56. The second kappa shape index (κ2) is 4.46. The number of nitrogens with zero attached hydrogens (tertiary/aromatic N) is 3. The zero-order valence-corrected chi connectivity index (χ0v) is 12.4. The topological polar surface area (TPSA) is 40.8 Å². The molecule has 1 N–H and O–H groups in total. The fraction of sp³-hybridized carbons (Fsp3) is 0.389. The zero-order valence-electron chi connectivity index (χ0n) is 12.4. The van der Waals surface area contributed by atoms with E-state index in [9.17, 15) is 5.11 Å². The van der Waals surface area contributed by atoms with Crippen LogP contribution in [0.25, 0.3) is 16.7 Å². The molecule has 2 aromatic heterocycles. The Hall–Kier alpha value is -2.07. The third kappa shape index (κ3) is 1.91. The van der Waals surface area contributed by atoms with E-state index in [1.54, 1.807) is 0 Å². The van der Waals surface area contributed by atoms with Crippen molar-refractivity contribution in [1.82, 2.24) is 9.38 Å². The van der Waals surface area contributed by atoms with Crippen molar-refractivity contribution in [2.75, 3.05) is 18.0 Å². The maximum absolute atomic E-state index is 9.71. The standard InChI is InChI=1S/C18H19N3O/c22-15-6-7-20(11-15)14-5-8-21-17-9-13(12-1-2-12)3-4-16(17)19-18(21)10-14/h3-5,8-10,12,15,22H,1-2,6-7,11H2. The minimum Gasteiger partial charge on any atom is -0.391 e. The zero-order chi connectivity index (χ0) is 14.7. The number of anilines is 1. The van der Waals surface area contributed by atoms with Crippen LogP contribution >= 0.6 is 0 Å². The lowest BCUT2D eigenvalue weighted by Crippen LogP contribution is -2.21. The van der Waals surface area contributed by atoms with Gasteiger partial charge in [0.25, 0.3) is 0 Å². The summed E-state index contributed by atoms with van der Waals surface area (Å²) in [6.45, 7) is 1.64. The number of hydrogen-bond acceptors (Lipinski definition) is 3. The van der Waals surface area contributed by atoms with Gasteiger partial charge in [-0.05, 0) is 48.9 Å². The van der Waals surface area contributed by atoms with Crippen LogP contribution in [0.15, 0.2) is 36.5 Å². The number of aliphatic hydroxyl groups is 1. The fourth-order valence-electron chi connectivity index (χ4n) is 3.56. The van der Waals surface area contributed by atoms with Crippen molar-refractivity contribution in [3.05, 3.63) is 42.1 Å². The molecule has 5 rings (SSSR count). The summed E-state index contributed by atoms with van der Waals surface area (Å²) < 4.78 is 2.18. The van der Waals surface area contributed by atoms with Crippen molar-refractivity contribution in [3.63, 3.8) is 0 Å². The Morgan fingerprint density at radius 3 is 2.77 bits per heavy atom.